The molecular formula is C35H67NO2S4. The van der Waals surface area contributed by atoms with Gasteiger partial charge in [-0.25, -0.2) is 0 Å². The molecule has 0 saturated heterocycles. The normalized spacial score (nSPS) is 12.0. The first-order valence-corrected chi connectivity index (χ1v) is 22.2. The summed E-state index contributed by atoms with van der Waals surface area (Å²) < 4.78 is 5.96. The van der Waals surface area contributed by atoms with Gasteiger partial charge in [-0.15, -0.1) is 0 Å². The lowest BCUT2D eigenvalue weighted by Gasteiger charge is -2.18. The monoisotopic (exact) mass is 661 g/mol. The zero-order chi connectivity index (χ0) is 30.8. The second kappa shape index (κ2) is 35.8. The van der Waals surface area contributed by atoms with E-state index in [-0.39, 0.29) is 12.1 Å². The van der Waals surface area contributed by atoms with Crippen molar-refractivity contribution >= 4 is 49.1 Å². The first-order chi connectivity index (χ1) is 20.6. The highest BCUT2D eigenvalue weighted by Gasteiger charge is 2.14. The summed E-state index contributed by atoms with van der Waals surface area (Å²) in [5.74, 6) is 4.78. The third kappa shape index (κ3) is 34.8. The van der Waals surface area contributed by atoms with Gasteiger partial charge in [0.2, 0.25) is 0 Å². The van der Waals surface area contributed by atoms with Crippen LogP contribution in [0.3, 0.4) is 0 Å². The minimum atomic E-state index is -0.00597. The maximum Gasteiger partial charge on any atom is 0.306 e. The van der Waals surface area contributed by atoms with E-state index >= 15 is 0 Å². The fraction of sp³-hybridized carbons (Fsp3) is 0.857. The summed E-state index contributed by atoms with van der Waals surface area (Å²) >= 11 is 0. The highest BCUT2D eigenvalue weighted by Crippen LogP contribution is 2.26. The lowest BCUT2D eigenvalue weighted by Crippen LogP contribution is -2.20. The van der Waals surface area contributed by atoms with Crippen molar-refractivity contribution in [3.05, 3.63) is 24.3 Å². The van der Waals surface area contributed by atoms with Crippen LogP contribution in [0.15, 0.2) is 24.3 Å². The van der Waals surface area contributed by atoms with Crippen LogP contribution in [0.5, 0.6) is 0 Å². The number of hydrogen-bond acceptors (Lipinski definition) is 7. The van der Waals surface area contributed by atoms with Gasteiger partial charge in [0.15, 0.2) is 0 Å². The minimum Gasteiger partial charge on any atom is -0.462 e. The van der Waals surface area contributed by atoms with Crippen molar-refractivity contribution in [3.63, 3.8) is 0 Å². The van der Waals surface area contributed by atoms with Crippen molar-refractivity contribution in [3.8, 4) is 0 Å². The number of unbranched alkanes of at least 4 members (excludes halogenated alkanes) is 10. The Morgan fingerprint density at radius 1 is 0.595 bits per heavy atom. The predicted octanol–water partition coefficient (Wildman–Crippen LogP) is 12.2. The SMILES string of the molecule is CCCCCC/C=C\CCSSCCCCC(CCCCSSCC/C=C\CCCCCC)OC(=O)CCCN(C)C. The van der Waals surface area contributed by atoms with Gasteiger partial charge in [0.05, 0.1) is 0 Å². The zero-order valence-corrected chi connectivity index (χ0v) is 31.2. The lowest BCUT2D eigenvalue weighted by atomic mass is 10.1. The molecule has 0 saturated carbocycles. The minimum absolute atomic E-state index is 0.00597. The number of nitrogens with zero attached hydrogens (tertiary/aromatic N) is 1. The standard InChI is InChI=1S/C35H67NO2S4/c1-5-7-9-11-13-15-17-21-30-39-41-32-23-19-26-34(38-35(37)28-25-29-36(3)4)27-20-24-33-42-40-31-22-18-16-14-12-10-8-6-2/h15-18,34H,5-14,19-33H2,1-4H3/b17-15-,18-16-. The number of rotatable bonds is 33. The molecule has 0 fully saturated rings. The van der Waals surface area contributed by atoms with Gasteiger partial charge in [0.1, 0.15) is 6.10 Å². The third-order valence-corrected chi connectivity index (χ3v) is 12.0. The molecule has 3 nitrogen and oxygen atoms in total. The van der Waals surface area contributed by atoms with Gasteiger partial charge >= 0.3 is 5.97 Å². The van der Waals surface area contributed by atoms with E-state index in [2.05, 4.69) is 57.1 Å². The van der Waals surface area contributed by atoms with Crippen LogP contribution in [-0.4, -0.2) is 60.6 Å². The van der Waals surface area contributed by atoms with Gasteiger partial charge in [0.25, 0.3) is 0 Å². The largest absolute Gasteiger partial charge is 0.462 e. The number of carbonyl (C=O) groups is 1. The molecule has 0 aromatic carbocycles. The average molecular weight is 662 g/mol. The summed E-state index contributed by atoms with van der Waals surface area (Å²) in [6.45, 7) is 5.48. The van der Waals surface area contributed by atoms with E-state index in [9.17, 15) is 4.79 Å². The summed E-state index contributed by atoms with van der Waals surface area (Å²) in [7, 11) is 12.1. The molecule has 0 atom stereocenters. The summed E-state index contributed by atoms with van der Waals surface area (Å²) in [6.07, 6.45) is 33.4. The number of ether oxygens (including phenoxy) is 1. The average Bonchev–Trinajstić information content (AvgIpc) is 2.97. The fourth-order valence-corrected chi connectivity index (χ4v) is 8.71. The second-order valence-electron chi connectivity index (χ2n) is 11.5. The Labute approximate surface area is 278 Å². The van der Waals surface area contributed by atoms with Crippen molar-refractivity contribution in [1.29, 1.82) is 0 Å². The third-order valence-electron chi connectivity index (χ3n) is 6.98. The Bertz CT molecular complexity index is 578. The van der Waals surface area contributed by atoms with E-state index in [0.717, 1.165) is 38.6 Å². The van der Waals surface area contributed by atoms with E-state index in [1.54, 1.807) is 0 Å². The van der Waals surface area contributed by atoms with Crippen LogP contribution in [-0.2, 0) is 9.53 Å². The molecule has 0 unspecified atom stereocenters. The highest BCUT2D eigenvalue weighted by molar-refractivity contribution is 8.77. The van der Waals surface area contributed by atoms with Crippen molar-refractivity contribution < 1.29 is 9.53 Å². The molecule has 0 aliphatic carbocycles. The maximum atomic E-state index is 12.5. The van der Waals surface area contributed by atoms with Crippen LogP contribution < -0.4 is 0 Å². The lowest BCUT2D eigenvalue weighted by molar-refractivity contribution is -0.150. The fourth-order valence-electron chi connectivity index (χ4n) is 4.43. The van der Waals surface area contributed by atoms with Crippen LogP contribution in [0.1, 0.15) is 142 Å². The zero-order valence-electron chi connectivity index (χ0n) is 28.0. The summed E-state index contributed by atoms with van der Waals surface area (Å²) in [4.78, 5) is 14.6. The molecule has 0 radical (unpaired) electrons. The van der Waals surface area contributed by atoms with E-state index in [0.29, 0.717) is 6.42 Å². The van der Waals surface area contributed by atoms with Crippen molar-refractivity contribution in [1.82, 2.24) is 4.90 Å². The van der Waals surface area contributed by atoms with Crippen molar-refractivity contribution in [2.75, 3.05) is 43.7 Å². The van der Waals surface area contributed by atoms with Crippen LogP contribution in [0.25, 0.3) is 0 Å². The Morgan fingerprint density at radius 3 is 1.55 bits per heavy atom. The van der Waals surface area contributed by atoms with E-state index < -0.39 is 0 Å². The maximum absolute atomic E-state index is 12.5. The molecule has 0 aliphatic heterocycles. The molecule has 0 rings (SSSR count). The van der Waals surface area contributed by atoms with Crippen LogP contribution in [0.2, 0.25) is 0 Å². The molecule has 7 heteroatoms. The van der Waals surface area contributed by atoms with Gasteiger partial charge in [-0.2, -0.15) is 0 Å². The first kappa shape index (κ1) is 42.3. The Kier molecular flexibility index (Phi) is 36.0. The van der Waals surface area contributed by atoms with Crippen molar-refractivity contribution in [2.24, 2.45) is 0 Å². The predicted molar refractivity (Wildman–Crippen MR) is 200 cm³/mol. The molecule has 0 aliphatic rings. The van der Waals surface area contributed by atoms with Gasteiger partial charge in [-0.05, 0) is 104 Å². The molecule has 0 aromatic rings. The Hall–Kier alpha value is 0.310. The van der Waals surface area contributed by atoms with E-state index in [1.165, 1.54) is 113 Å². The van der Waals surface area contributed by atoms with Gasteiger partial charge < -0.3 is 9.64 Å². The highest BCUT2D eigenvalue weighted by atomic mass is 33.1. The molecule has 0 N–H and O–H groups in total. The van der Waals surface area contributed by atoms with E-state index in [1.807, 2.05) is 43.2 Å². The summed E-state index contributed by atoms with van der Waals surface area (Å²) in [6, 6.07) is 0. The molecule has 42 heavy (non-hydrogen) atoms. The molecule has 0 amide bonds. The second-order valence-corrected chi connectivity index (χ2v) is 16.9. The Morgan fingerprint density at radius 2 is 1.07 bits per heavy atom. The van der Waals surface area contributed by atoms with Crippen LogP contribution in [0, 0.1) is 0 Å². The molecule has 0 aromatic heterocycles. The van der Waals surface area contributed by atoms with E-state index in [4.69, 9.17) is 4.74 Å². The van der Waals surface area contributed by atoms with Gasteiger partial charge in [-0.3, -0.25) is 4.79 Å². The molecule has 248 valence electrons. The van der Waals surface area contributed by atoms with Crippen LogP contribution in [0.4, 0.5) is 0 Å². The quantitative estimate of drug-likeness (QED) is 0.0299. The summed E-state index contributed by atoms with van der Waals surface area (Å²) in [5.41, 5.74) is 0. The van der Waals surface area contributed by atoms with Crippen LogP contribution >= 0.6 is 43.2 Å². The topological polar surface area (TPSA) is 29.5 Å². The number of esters is 1. The number of allylic oxidation sites excluding steroid dienone is 4. The smallest absolute Gasteiger partial charge is 0.306 e. The summed E-state index contributed by atoms with van der Waals surface area (Å²) in [5, 5.41) is 0. The number of hydrogen-bond donors (Lipinski definition) is 0. The number of carbonyl (C=O) groups excluding carboxylic acids is 1. The van der Waals surface area contributed by atoms with Crippen molar-refractivity contribution in [2.45, 2.75) is 148 Å². The molecule has 0 heterocycles. The molecule has 0 bridgehead atoms. The Balaban J connectivity index is 3.99. The molecular weight excluding hydrogens is 595 g/mol. The molecule has 0 spiro atoms. The first-order valence-electron chi connectivity index (χ1n) is 17.2. The van der Waals surface area contributed by atoms with Gasteiger partial charge in [0, 0.05) is 29.4 Å². The van der Waals surface area contributed by atoms with Gasteiger partial charge in [-0.1, -0.05) is 120 Å².